The van der Waals surface area contributed by atoms with E-state index in [0.29, 0.717) is 0 Å². The highest BCUT2D eigenvalue weighted by Crippen LogP contribution is 2.36. The van der Waals surface area contributed by atoms with Gasteiger partial charge in [-0.25, -0.2) is 0 Å². The van der Waals surface area contributed by atoms with E-state index < -0.39 is 0 Å². The molecule has 28 valence electrons. The topological polar surface area (TPSA) is 0 Å². The second-order valence-corrected chi connectivity index (χ2v) is 1.90. The van der Waals surface area contributed by atoms with Crippen molar-refractivity contribution in [3.8, 4) is 0 Å². The van der Waals surface area contributed by atoms with Crippen molar-refractivity contribution in [2.45, 2.75) is 6.42 Å². The van der Waals surface area contributed by atoms with E-state index in [1.807, 2.05) is 0 Å². The van der Waals surface area contributed by atoms with Crippen LogP contribution in [0.25, 0.3) is 0 Å². The minimum Gasteiger partial charge on any atom is -0.0875 e. The Morgan fingerprint density at radius 1 is 1.20 bits per heavy atom. The third kappa shape index (κ3) is 0.582. The summed E-state index contributed by atoms with van der Waals surface area (Å²) in [7, 11) is 0. The van der Waals surface area contributed by atoms with Gasteiger partial charge in [0.15, 0.2) is 0 Å². The molecule has 0 aliphatic heterocycles. The standard InChI is InChI=1S/C3H2Cl2/c4-2-1-3(2)5/h1H2. The van der Waals surface area contributed by atoms with Gasteiger partial charge >= 0.3 is 0 Å². The highest BCUT2D eigenvalue weighted by atomic mass is 35.5. The van der Waals surface area contributed by atoms with Gasteiger partial charge in [0.2, 0.25) is 0 Å². The molecule has 0 saturated heterocycles. The van der Waals surface area contributed by atoms with Crippen molar-refractivity contribution in [3.63, 3.8) is 0 Å². The number of hydrogen-bond donors (Lipinski definition) is 0. The molecule has 0 spiro atoms. The van der Waals surface area contributed by atoms with Gasteiger partial charge in [-0.15, -0.1) is 0 Å². The molecule has 0 amide bonds. The van der Waals surface area contributed by atoms with Gasteiger partial charge in [-0.1, -0.05) is 23.2 Å². The van der Waals surface area contributed by atoms with Gasteiger partial charge in [0.25, 0.3) is 0 Å². The van der Waals surface area contributed by atoms with Crippen molar-refractivity contribution in [1.82, 2.24) is 0 Å². The zero-order valence-electron chi connectivity index (χ0n) is 2.46. The lowest BCUT2D eigenvalue weighted by Gasteiger charge is -1.42. The molecule has 0 heterocycles. The zero-order chi connectivity index (χ0) is 3.86. The molecule has 0 bridgehead atoms. The van der Waals surface area contributed by atoms with Crippen molar-refractivity contribution >= 4 is 23.2 Å². The first-order chi connectivity index (χ1) is 2.30. The van der Waals surface area contributed by atoms with E-state index in [-0.39, 0.29) is 0 Å². The summed E-state index contributed by atoms with van der Waals surface area (Å²) in [6.07, 6.45) is 0.836. The molecule has 0 aromatic carbocycles. The molecule has 0 atom stereocenters. The van der Waals surface area contributed by atoms with Gasteiger partial charge < -0.3 is 0 Å². The first-order valence-corrected chi connectivity index (χ1v) is 2.09. The summed E-state index contributed by atoms with van der Waals surface area (Å²) in [5.74, 6) is 0. The van der Waals surface area contributed by atoms with Gasteiger partial charge in [0.1, 0.15) is 0 Å². The van der Waals surface area contributed by atoms with Crippen molar-refractivity contribution < 1.29 is 0 Å². The molecule has 0 fully saturated rings. The smallest absolute Gasteiger partial charge is 0.0382 e. The molecule has 5 heavy (non-hydrogen) atoms. The third-order valence-electron chi connectivity index (χ3n) is 0.480. The predicted octanol–water partition coefficient (Wildman–Crippen LogP) is 2.08. The molecule has 2 heteroatoms. The normalized spacial score (nSPS) is 20.4. The molecule has 0 unspecified atom stereocenters. The minimum atomic E-state index is 0.826. The van der Waals surface area contributed by atoms with Crippen LogP contribution in [0.1, 0.15) is 6.42 Å². The van der Waals surface area contributed by atoms with Crippen molar-refractivity contribution in [1.29, 1.82) is 0 Å². The Morgan fingerprint density at radius 2 is 1.40 bits per heavy atom. The Kier molecular flexibility index (Phi) is 0.623. The maximum atomic E-state index is 5.28. The van der Waals surface area contributed by atoms with Crippen LogP contribution in [0.5, 0.6) is 0 Å². The third-order valence-corrected chi connectivity index (χ3v) is 1.30. The predicted molar refractivity (Wildman–Crippen MR) is 23.3 cm³/mol. The highest BCUT2D eigenvalue weighted by molar-refractivity contribution is 6.44. The molecule has 0 aromatic rings. The lowest BCUT2D eigenvalue weighted by Crippen LogP contribution is -1.18. The molecule has 0 aromatic heterocycles. The molecule has 1 aliphatic rings. The van der Waals surface area contributed by atoms with Gasteiger partial charge in [-0.05, 0) is 0 Å². The Bertz CT molecular complexity index is 72.9. The summed E-state index contributed by atoms with van der Waals surface area (Å²) in [4.78, 5) is 0. The molecule has 0 N–H and O–H groups in total. The van der Waals surface area contributed by atoms with E-state index >= 15 is 0 Å². The van der Waals surface area contributed by atoms with Gasteiger partial charge in [0.05, 0.1) is 0 Å². The van der Waals surface area contributed by atoms with E-state index in [1.54, 1.807) is 0 Å². The molecular weight excluding hydrogens is 107 g/mol. The molecule has 0 saturated carbocycles. The Balaban J connectivity index is 2.59. The lowest BCUT2D eigenvalue weighted by molar-refractivity contribution is 1.65. The van der Waals surface area contributed by atoms with Crippen LogP contribution in [0.3, 0.4) is 0 Å². The monoisotopic (exact) mass is 108 g/mol. The first-order valence-electron chi connectivity index (χ1n) is 1.34. The number of allylic oxidation sites excluding steroid dienone is 2. The number of hydrogen-bond acceptors (Lipinski definition) is 0. The Morgan fingerprint density at radius 3 is 1.40 bits per heavy atom. The van der Waals surface area contributed by atoms with Gasteiger partial charge in [-0.3, -0.25) is 0 Å². The van der Waals surface area contributed by atoms with Crippen LogP contribution in [0, 0.1) is 0 Å². The quantitative estimate of drug-likeness (QED) is 0.446. The second-order valence-electron chi connectivity index (χ2n) is 0.987. The summed E-state index contributed by atoms with van der Waals surface area (Å²) in [5.41, 5.74) is 0. The Labute approximate surface area is 40.4 Å². The van der Waals surface area contributed by atoms with E-state index in [2.05, 4.69) is 0 Å². The van der Waals surface area contributed by atoms with E-state index in [0.717, 1.165) is 16.5 Å². The molecule has 0 radical (unpaired) electrons. The lowest BCUT2D eigenvalue weighted by atomic mass is 10.9. The first kappa shape index (κ1) is 3.51. The molecule has 1 aliphatic carbocycles. The Hall–Kier alpha value is 0.320. The maximum absolute atomic E-state index is 5.28. The largest absolute Gasteiger partial charge is 0.0875 e. The average molecular weight is 109 g/mol. The fraction of sp³-hybridized carbons (Fsp3) is 0.333. The van der Waals surface area contributed by atoms with E-state index in [9.17, 15) is 0 Å². The summed E-state index contributed by atoms with van der Waals surface area (Å²) in [5, 5.41) is 1.65. The highest BCUT2D eigenvalue weighted by Gasteiger charge is 2.14. The summed E-state index contributed by atoms with van der Waals surface area (Å²) in [6.45, 7) is 0. The van der Waals surface area contributed by atoms with Crippen molar-refractivity contribution in [2.24, 2.45) is 0 Å². The SMILES string of the molecule is ClC1=C(Cl)C1. The summed E-state index contributed by atoms with van der Waals surface area (Å²) >= 11 is 10.6. The molecular formula is C3H2Cl2. The van der Waals surface area contributed by atoms with Gasteiger partial charge in [0, 0.05) is 16.5 Å². The maximum Gasteiger partial charge on any atom is 0.0382 e. The fourth-order valence-corrected chi connectivity index (χ4v) is 0.428. The van der Waals surface area contributed by atoms with Crippen LogP contribution >= 0.6 is 23.2 Å². The van der Waals surface area contributed by atoms with Crippen LogP contribution in [0.15, 0.2) is 10.1 Å². The van der Waals surface area contributed by atoms with Crippen LogP contribution in [-0.4, -0.2) is 0 Å². The average Bonchev–Trinajstić information content (AvgIpc) is 1.79. The fourth-order valence-electron chi connectivity index (χ4n) is 0.0921. The second kappa shape index (κ2) is 0.889. The van der Waals surface area contributed by atoms with Gasteiger partial charge in [-0.2, -0.15) is 0 Å². The zero-order valence-corrected chi connectivity index (χ0v) is 3.97. The van der Waals surface area contributed by atoms with E-state index in [1.165, 1.54) is 0 Å². The molecule has 0 nitrogen and oxygen atoms in total. The minimum absolute atomic E-state index is 0.826. The van der Waals surface area contributed by atoms with Crippen molar-refractivity contribution in [3.05, 3.63) is 10.1 Å². The number of halogens is 2. The molecule has 1 rings (SSSR count). The van der Waals surface area contributed by atoms with Crippen LogP contribution in [0.2, 0.25) is 0 Å². The number of rotatable bonds is 0. The summed E-state index contributed by atoms with van der Waals surface area (Å²) in [6, 6.07) is 0. The van der Waals surface area contributed by atoms with Crippen LogP contribution < -0.4 is 0 Å². The van der Waals surface area contributed by atoms with E-state index in [4.69, 9.17) is 23.2 Å². The summed E-state index contributed by atoms with van der Waals surface area (Å²) < 4.78 is 0. The van der Waals surface area contributed by atoms with Crippen LogP contribution in [0.4, 0.5) is 0 Å². The van der Waals surface area contributed by atoms with Crippen molar-refractivity contribution in [2.75, 3.05) is 0 Å². The van der Waals surface area contributed by atoms with Crippen LogP contribution in [-0.2, 0) is 0 Å².